The minimum Gasteiger partial charge on any atom is -0.318 e. The van der Waals surface area contributed by atoms with Gasteiger partial charge in [-0.1, -0.05) is 15.9 Å². The van der Waals surface area contributed by atoms with Gasteiger partial charge >= 0.3 is 0 Å². The van der Waals surface area contributed by atoms with Crippen LogP contribution in [0.1, 0.15) is 13.8 Å². The molecule has 5 heteroatoms. The van der Waals surface area contributed by atoms with E-state index in [2.05, 4.69) is 26.2 Å². The van der Waals surface area contributed by atoms with E-state index in [1.807, 2.05) is 0 Å². The number of carbonyl (C=O) groups is 1. The lowest BCUT2D eigenvalue weighted by molar-refractivity contribution is -0.120. The molecule has 0 saturated heterocycles. The van der Waals surface area contributed by atoms with Crippen molar-refractivity contribution in [1.82, 2.24) is 4.98 Å². The van der Waals surface area contributed by atoms with E-state index in [9.17, 15) is 4.79 Å². The number of hydrogen-bond acceptors (Lipinski definition) is 3. The molecule has 76 valence electrons. The van der Waals surface area contributed by atoms with Gasteiger partial charge in [0.1, 0.15) is 5.82 Å². The molecule has 1 aromatic heterocycles. The maximum absolute atomic E-state index is 11.5. The molecule has 0 saturated carbocycles. The van der Waals surface area contributed by atoms with E-state index in [0.29, 0.717) is 5.82 Å². The molecule has 4 nitrogen and oxygen atoms in total. The second-order valence-corrected chi connectivity index (χ2v) is 4.45. The maximum atomic E-state index is 11.5. The van der Waals surface area contributed by atoms with Crippen LogP contribution >= 0.6 is 15.9 Å². The van der Waals surface area contributed by atoms with Crippen LogP contribution in [-0.2, 0) is 4.79 Å². The molecule has 0 aliphatic carbocycles. The summed E-state index contributed by atoms with van der Waals surface area (Å²) in [4.78, 5) is 15.4. The summed E-state index contributed by atoms with van der Waals surface area (Å²) in [6.07, 6.45) is 1.60. The first-order valence-electron chi connectivity index (χ1n) is 4.11. The summed E-state index contributed by atoms with van der Waals surface area (Å²) in [5, 5.41) is 2.62. The SMILES string of the molecule is CC(C)(N)C(=O)Nc1cc(Br)ccn1. The molecule has 0 fully saturated rings. The highest BCUT2D eigenvalue weighted by Crippen LogP contribution is 2.13. The van der Waals surface area contributed by atoms with Crippen LogP contribution in [0.2, 0.25) is 0 Å². The number of amides is 1. The highest BCUT2D eigenvalue weighted by Gasteiger charge is 2.21. The second-order valence-electron chi connectivity index (χ2n) is 3.54. The fourth-order valence-corrected chi connectivity index (χ4v) is 1.09. The molecule has 0 bridgehead atoms. The first-order valence-corrected chi connectivity index (χ1v) is 4.91. The fraction of sp³-hybridized carbons (Fsp3) is 0.333. The quantitative estimate of drug-likeness (QED) is 0.845. The van der Waals surface area contributed by atoms with Crippen molar-refractivity contribution in [2.45, 2.75) is 19.4 Å². The summed E-state index contributed by atoms with van der Waals surface area (Å²) in [7, 11) is 0. The minimum absolute atomic E-state index is 0.261. The second kappa shape index (κ2) is 4.06. The van der Waals surface area contributed by atoms with Crippen molar-refractivity contribution in [3.63, 3.8) is 0 Å². The van der Waals surface area contributed by atoms with Gasteiger partial charge in [-0.2, -0.15) is 0 Å². The van der Waals surface area contributed by atoms with Gasteiger partial charge in [-0.25, -0.2) is 4.98 Å². The zero-order chi connectivity index (χ0) is 10.8. The van der Waals surface area contributed by atoms with Crippen molar-refractivity contribution in [2.24, 2.45) is 5.73 Å². The predicted molar refractivity (Wildman–Crippen MR) is 58.8 cm³/mol. The average molecular weight is 258 g/mol. The average Bonchev–Trinajstić information content (AvgIpc) is 2.02. The molecule has 1 aromatic rings. The number of carbonyl (C=O) groups excluding carboxylic acids is 1. The summed E-state index contributed by atoms with van der Waals surface area (Å²) in [6, 6.07) is 3.49. The highest BCUT2D eigenvalue weighted by molar-refractivity contribution is 9.10. The molecular formula is C9H12BrN3O. The van der Waals surface area contributed by atoms with Crippen LogP contribution in [0, 0.1) is 0 Å². The Labute approximate surface area is 91.0 Å². The smallest absolute Gasteiger partial charge is 0.245 e. The largest absolute Gasteiger partial charge is 0.318 e. The Hall–Kier alpha value is -0.940. The van der Waals surface area contributed by atoms with Crippen molar-refractivity contribution < 1.29 is 4.79 Å². The van der Waals surface area contributed by atoms with Gasteiger partial charge in [0.15, 0.2) is 0 Å². The van der Waals surface area contributed by atoms with Crippen LogP contribution in [0.3, 0.4) is 0 Å². The van der Waals surface area contributed by atoms with E-state index < -0.39 is 5.54 Å². The third-order valence-corrected chi connectivity index (χ3v) is 2.04. The zero-order valence-electron chi connectivity index (χ0n) is 8.04. The Kier molecular flexibility index (Phi) is 3.23. The van der Waals surface area contributed by atoms with Gasteiger partial charge in [-0.05, 0) is 26.0 Å². The number of nitrogens with two attached hydrogens (primary N) is 1. The lowest BCUT2D eigenvalue weighted by Crippen LogP contribution is -2.45. The summed E-state index contributed by atoms with van der Waals surface area (Å²) in [6.45, 7) is 3.28. The summed E-state index contributed by atoms with van der Waals surface area (Å²) in [5.41, 5.74) is 4.71. The van der Waals surface area contributed by atoms with Gasteiger partial charge in [0.25, 0.3) is 0 Å². The Morgan fingerprint density at radius 2 is 2.29 bits per heavy atom. The van der Waals surface area contributed by atoms with E-state index >= 15 is 0 Å². The van der Waals surface area contributed by atoms with Gasteiger partial charge < -0.3 is 11.1 Å². The van der Waals surface area contributed by atoms with Gasteiger partial charge in [0, 0.05) is 10.7 Å². The van der Waals surface area contributed by atoms with Crippen molar-refractivity contribution >= 4 is 27.7 Å². The van der Waals surface area contributed by atoms with Gasteiger partial charge in [-0.3, -0.25) is 4.79 Å². The van der Waals surface area contributed by atoms with Crippen molar-refractivity contribution in [1.29, 1.82) is 0 Å². The molecule has 0 atom stereocenters. The Balaban J connectivity index is 2.75. The Bertz CT molecular complexity index is 346. The zero-order valence-corrected chi connectivity index (χ0v) is 9.63. The topological polar surface area (TPSA) is 68.0 Å². The third kappa shape index (κ3) is 3.08. The van der Waals surface area contributed by atoms with Gasteiger partial charge in [0.05, 0.1) is 5.54 Å². The van der Waals surface area contributed by atoms with Gasteiger partial charge in [-0.15, -0.1) is 0 Å². The number of aromatic nitrogens is 1. The fourth-order valence-electron chi connectivity index (χ4n) is 0.751. The molecule has 1 rings (SSSR count). The molecule has 0 unspecified atom stereocenters. The van der Waals surface area contributed by atoms with Crippen molar-refractivity contribution in [3.05, 3.63) is 22.8 Å². The summed E-state index contributed by atoms with van der Waals surface area (Å²) < 4.78 is 0.859. The van der Waals surface area contributed by atoms with Crippen LogP contribution in [-0.4, -0.2) is 16.4 Å². The lowest BCUT2D eigenvalue weighted by Gasteiger charge is -2.17. The van der Waals surface area contributed by atoms with E-state index in [-0.39, 0.29) is 5.91 Å². The monoisotopic (exact) mass is 257 g/mol. The molecule has 1 amide bonds. The molecule has 0 aliphatic rings. The van der Waals surface area contributed by atoms with Crippen LogP contribution < -0.4 is 11.1 Å². The van der Waals surface area contributed by atoms with Gasteiger partial charge in [0.2, 0.25) is 5.91 Å². The number of nitrogens with one attached hydrogen (secondary N) is 1. The minimum atomic E-state index is -0.899. The van der Waals surface area contributed by atoms with E-state index in [1.54, 1.807) is 32.2 Å². The van der Waals surface area contributed by atoms with Crippen LogP contribution in [0.15, 0.2) is 22.8 Å². The third-order valence-electron chi connectivity index (χ3n) is 1.55. The van der Waals surface area contributed by atoms with Crippen LogP contribution in [0.25, 0.3) is 0 Å². The molecule has 0 aromatic carbocycles. The number of halogens is 1. The van der Waals surface area contributed by atoms with E-state index in [4.69, 9.17) is 5.73 Å². The maximum Gasteiger partial charge on any atom is 0.245 e. The van der Waals surface area contributed by atoms with Crippen LogP contribution in [0.4, 0.5) is 5.82 Å². The summed E-state index contributed by atoms with van der Waals surface area (Å²) in [5.74, 6) is 0.228. The normalized spacial score (nSPS) is 11.1. The molecule has 1 heterocycles. The number of anilines is 1. The summed E-state index contributed by atoms with van der Waals surface area (Å²) >= 11 is 3.28. The number of rotatable bonds is 2. The van der Waals surface area contributed by atoms with Crippen molar-refractivity contribution in [3.8, 4) is 0 Å². The van der Waals surface area contributed by atoms with Crippen LogP contribution in [0.5, 0.6) is 0 Å². The Morgan fingerprint density at radius 3 is 2.79 bits per heavy atom. The highest BCUT2D eigenvalue weighted by atomic mass is 79.9. The standard InChI is InChI=1S/C9H12BrN3O/c1-9(2,11)8(14)13-7-5-6(10)3-4-12-7/h3-5H,11H2,1-2H3,(H,12,13,14). The predicted octanol–water partition coefficient (Wildman–Crippen LogP) is 1.52. The molecular weight excluding hydrogens is 246 g/mol. The molecule has 14 heavy (non-hydrogen) atoms. The van der Waals surface area contributed by atoms with E-state index in [1.165, 1.54) is 0 Å². The Morgan fingerprint density at radius 1 is 1.64 bits per heavy atom. The van der Waals surface area contributed by atoms with E-state index in [0.717, 1.165) is 4.47 Å². The number of hydrogen-bond donors (Lipinski definition) is 2. The first kappa shape index (κ1) is 11.1. The molecule has 0 spiro atoms. The molecule has 0 radical (unpaired) electrons. The molecule has 0 aliphatic heterocycles. The number of nitrogens with zero attached hydrogens (tertiary/aromatic N) is 1. The number of pyridine rings is 1. The van der Waals surface area contributed by atoms with Crippen molar-refractivity contribution in [2.75, 3.05) is 5.32 Å². The lowest BCUT2D eigenvalue weighted by atomic mass is 10.1. The first-order chi connectivity index (χ1) is 6.39. The molecule has 3 N–H and O–H groups in total.